The number of rotatable bonds is 6. The van der Waals surface area contributed by atoms with Crippen LogP contribution in [0.1, 0.15) is 23.0 Å². The van der Waals surface area contributed by atoms with Crippen molar-refractivity contribution >= 4 is 12.1 Å². The summed E-state index contributed by atoms with van der Waals surface area (Å²) in [5.41, 5.74) is 4.45. The molecule has 0 radical (unpaired) electrons. The lowest BCUT2D eigenvalue weighted by atomic mass is 10.1. The number of carbonyl (C=O) groups excluding carboxylic acids is 1. The molecule has 1 heterocycles. The summed E-state index contributed by atoms with van der Waals surface area (Å²) < 4.78 is 18.3. The molecule has 0 atom stereocenters. The number of phenolic OH excluding ortho intramolecular Hbond substituents is 1. The minimum absolute atomic E-state index is 0.0313. The Hall–Kier alpha value is -3.68. The molecule has 3 N–H and O–H groups in total. The number of hydrazone groups is 1. The van der Waals surface area contributed by atoms with Crippen molar-refractivity contribution in [3.05, 3.63) is 65.6 Å². The number of nitrogens with zero attached hydrogens (tertiary/aromatic N) is 2. The number of aromatic nitrogens is 2. The Balaban J connectivity index is 1.65. The third-order valence-electron chi connectivity index (χ3n) is 3.63. The first kappa shape index (κ1) is 18.1. The fraction of sp³-hybridized carbons (Fsp3) is 0.105. The Bertz CT molecular complexity index is 967. The molecule has 0 spiro atoms. The van der Waals surface area contributed by atoms with Gasteiger partial charge in [-0.05, 0) is 61.0 Å². The summed E-state index contributed by atoms with van der Waals surface area (Å²) in [5, 5.41) is 20.2. The lowest BCUT2D eigenvalue weighted by Crippen LogP contribution is -2.18. The number of hydrogen-bond acceptors (Lipinski definition) is 5. The van der Waals surface area contributed by atoms with E-state index in [0.29, 0.717) is 29.2 Å². The molecule has 0 saturated heterocycles. The monoisotopic (exact) mass is 368 g/mol. The number of ether oxygens (including phenoxy) is 1. The normalized spacial score (nSPS) is 10.9. The number of amides is 1. The van der Waals surface area contributed by atoms with E-state index in [1.165, 1.54) is 24.4 Å². The van der Waals surface area contributed by atoms with E-state index >= 15 is 0 Å². The maximum Gasteiger partial charge on any atom is 0.289 e. The van der Waals surface area contributed by atoms with Gasteiger partial charge in [-0.15, -0.1) is 0 Å². The van der Waals surface area contributed by atoms with E-state index in [4.69, 9.17) is 4.74 Å². The summed E-state index contributed by atoms with van der Waals surface area (Å²) >= 11 is 0. The van der Waals surface area contributed by atoms with Gasteiger partial charge in [0.2, 0.25) is 0 Å². The van der Waals surface area contributed by atoms with E-state index in [9.17, 15) is 14.3 Å². The summed E-state index contributed by atoms with van der Waals surface area (Å²) in [5.74, 6) is -0.451. The topological polar surface area (TPSA) is 99.6 Å². The molecule has 138 valence electrons. The number of halogens is 1. The van der Waals surface area contributed by atoms with Crippen molar-refractivity contribution in [1.82, 2.24) is 15.6 Å². The second-order valence-electron chi connectivity index (χ2n) is 5.53. The molecule has 1 aromatic heterocycles. The fourth-order valence-electron chi connectivity index (χ4n) is 2.31. The Morgan fingerprint density at radius 2 is 2.07 bits per heavy atom. The highest BCUT2D eigenvalue weighted by Gasteiger charge is 2.10. The first-order valence-corrected chi connectivity index (χ1v) is 8.17. The highest BCUT2D eigenvalue weighted by atomic mass is 19.1. The fourth-order valence-corrected chi connectivity index (χ4v) is 2.31. The predicted molar refractivity (Wildman–Crippen MR) is 98.3 cm³/mol. The minimum atomic E-state index is -0.476. The third kappa shape index (κ3) is 4.49. The lowest BCUT2D eigenvalue weighted by Gasteiger charge is -2.05. The molecule has 7 nitrogen and oxygen atoms in total. The Labute approximate surface area is 154 Å². The number of aromatic amines is 1. The Morgan fingerprint density at radius 3 is 2.81 bits per heavy atom. The molecule has 8 heteroatoms. The van der Waals surface area contributed by atoms with Gasteiger partial charge in [-0.1, -0.05) is 0 Å². The van der Waals surface area contributed by atoms with E-state index in [1.807, 2.05) is 6.92 Å². The maximum atomic E-state index is 13.0. The van der Waals surface area contributed by atoms with Crippen LogP contribution in [0.25, 0.3) is 11.3 Å². The van der Waals surface area contributed by atoms with Gasteiger partial charge in [-0.25, -0.2) is 9.82 Å². The van der Waals surface area contributed by atoms with Gasteiger partial charge in [0.05, 0.1) is 18.5 Å². The molecule has 0 bridgehead atoms. The van der Waals surface area contributed by atoms with E-state index < -0.39 is 5.91 Å². The van der Waals surface area contributed by atoms with Gasteiger partial charge >= 0.3 is 0 Å². The Morgan fingerprint density at radius 1 is 1.30 bits per heavy atom. The first-order valence-electron chi connectivity index (χ1n) is 8.17. The van der Waals surface area contributed by atoms with Crippen LogP contribution in [0.3, 0.4) is 0 Å². The number of nitrogens with one attached hydrogen (secondary N) is 2. The van der Waals surface area contributed by atoms with E-state index in [1.54, 1.807) is 30.3 Å². The van der Waals surface area contributed by atoms with E-state index in [-0.39, 0.29) is 17.3 Å². The zero-order valence-corrected chi connectivity index (χ0v) is 14.4. The summed E-state index contributed by atoms with van der Waals surface area (Å²) in [6.45, 7) is 2.23. The highest BCUT2D eigenvalue weighted by Crippen LogP contribution is 2.26. The molecule has 0 aliphatic rings. The van der Waals surface area contributed by atoms with Crippen LogP contribution in [0.2, 0.25) is 0 Å². The number of hydrogen-bond donors (Lipinski definition) is 3. The van der Waals surface area contributed by atoms with Crippen molar-refractivity contribution in [3.63, 3.8) is 0 Å². The summed E-state index contributed by atoms with van der Waals surface area (Å²) in [6, 6.07) is 12.1. The number of H-pyrrole nitrogens is 1. The van der Waals surface area contributed by atoms with Gasteiger partial charge in [-0.3, -0.25) is 9.89 Å². The van der Waals surface area contributed by atoms with Crippen molar-refractivity contribution in [3.8, 4) is 22.8 Å². The number of carbonyl (C=O) groups is 1. The zero-order chi connectivity index (χ0) is 19.2. The number of aromatic hydroxyl groups is 1. The average Bonchev–Trinajstić information content (AvgIpc) is 3.15. The van der Waals surface area contributed by atoms with Gasteiger partial charge in [-0.2, -0.15) is 10.2 Å². The van der Waals surface area contributed by atoms with Crippen LogP contribution in [-0.2, 0) is 0 Å². The van der Waals surface area contributed by atoms with Gasteiger partial charge in [0.25, 0.3) is 5.91 Å². The second-order valence-corrected chi connectivity index (χ2v) is 5.53. The molecule has 3 rings (SSSR count). The summed E-state index contributed by atoms with van der Waals surface area (Å²) in [6.07, 6.45) is 1.43. The second kappa shape index (κ2) is 8.13. The maximum absolute atomic E-state index is 13.0. The van der Waals surface area contributed by atoms with Crippen LogP contribution in [0.5, 0.6) is 11.5 Å². The molecule has 2 aromatic carbocycles. The van der Waals surface area contributed by atoms with Crippen molar-refractivity contribution in [1.29, 1.82) is 0 Å². The van der Waals surface area contributed by atoms with Gasteiger partial charge in [0, 0.05) is 5.56 Å². The van der Waals surface area contributed by atoms with Crippen LogP contribution in [0.4, 0.5) is 4.39 Å². The van der Waals surface area contributed by atoms with Crippen LogP contribution in [0.15, 0.2) is 53.6 Å². The molecule has 0 unspecified atom stereocenters. The molecule has 0 aliphatic carbocycles. The molecule has 0 aliphatic heterocycles. The van der Waals surface area contributed by atoms with Crippen LogP contribution >= 0.6 is 0 Å². The average molecular weight is 368 g/mol. The van der Waals surface area contributed by atoms with E-state index in [2.05, 4.69) is 20.7 Å². The zero-order valence-electron chi connectivity index (χ0n) is 14.4. The van der Waals surface area contributed by atoms with Crippen molar-refractivity contribution in [2.24, 2.45) is 5.10 Å². The summed E-state index contributed by atoms with van der Waals surface area (Å²) in [7, 11) is 0. The quantitative estimate of drug-likeness (QED) is 0.460. The Kier molecular flexibility index (Phi) is 5.46. The van der Waals surface area contributed by atoms with Crippen LogP contribution in [0, 0.1) is 5.82 Å². The van der Waals surface area contributed by atoms with E-state index in [0.717, 1.165) is 0 Å². The van der Waals surface area contributed by atoms with Crippen LogP contribution in [-0.4, -0.2) is 34.0 Å². The van der Waals surface area contributed by atoms with Gasteiger partial charge in [0.15, 0.2) is 11.5 Å². The lowest BCUT2D eigenvalue weighted by molar-refractivity contribution is 0.0950. The third-order valence-corrected chi connectivity index (χ3v) is 3.63. The van der Waals surface area contributed by atoms with Gasteiger partial charge in [0.1, 0.15) is 11.5 Å². The standard InChI is InChI=1S/C19H17FN4O3/c1-2-27-18-9-12(3-8-17(18)25)11-21-24-19(26)16-10-15(22-23-16)13-4-6-14(20)7-5-13/h3-11,25H,2H2,1H3,(H,22,23)(H,24,26)/b21-11-. The molecule has 0 saturated carbocycles. The summed E-state index contributed by atoms with van der Waals surface area (Å²) in [4.78, 5) is 12.1. The number of phenols is 1. The van der Waals surface area contributed by atoms with Crippen LogP contribution < -0.4 is 10.2 Å². The number of benzene rings is 2. The van der Waals surface area contributed by atoms with Gasteiger partial charge < -0.3 is 9.84 Å². The minimum Gasteiger partial charge on any atom is -0.504 e. The highest BCUT2D eigenvalue weighted by molar-refractivity contribution is 5.94. The van der Waals surface area contributed by atoms with Crippen molar-refractivity contribution < 1.29 is 19.0 Å². The molecule has 0 fully saturated rings. The largest absolute Gasteiger partial charge is 0.504 e. The molecule has 1 amide bonds. The SMILES string of the molecule is CCOc1cc(/C=N\NC(=O)c2cc(-c3ccc(F)cc3)n[nH]2)ccc1O. The molecular weight excluding hydrogens is 351 g/mol. The molecule has 27 heavy (non-hydrogen) atoms. The molecular formula is C19H17FN4O3. The van der Waals surface area contributed by atoms with Crippen molar-refractivity contribution in [2.75, 3.05) is 6.61 Å². The van der Waals surface area contributed by atoms with Crippen molar-refractivity contribution in [2.45, 2.75) is 6.92 Å². The smallest absolute Gasteiger partial charge is 0.289 e. The molecule has 3 aromatic rings. The predicted octanol–water partition coefficient (Wildman–Crippen LogP) is 3.08. The first-order chi connectivity index (χ1) is 13.1.